The topological polar surface area (TPSA) is 88.5 Å². The summed E-state index contributed by atoms with van der Waals surface area (Å²) in [4.78, 5) is 26.4. The predicted molar refractivity (Wildman–Crippen MR) is 125 cm³/mol. The van der Waals surface area contributed by atoms with E-state index in [2.05, 4.69) is 10.6 Å². The second-order valence-electron chi connectivity index (χ2n) is 7.44. The standard InChI is InChI=1S/C24H29N5O3/c1-28(17-23(30)25-14-9-15-32-2)18-24(31)26-22-16-21(19-10-5-3-6-11-19)27-29(22)20-12-7-4-8-13-20/h3-8,10-13,16H,9,14-15,17-18H2,1-2H3,(H,25,30)(H,26,31). The summed E-state index contributed by atoms with van der Waals surface area (Å²) in [6, 6.07) is 21.3. The van der Waals surface area contributed by atoms with Crippen LogP contribution in [0.25, 0.3) is 16.9 Å². The van der Waals surface area contributed by atoms with Crippen molar-refractivity contribution in [2.45, 2.75) is 6.42 Å². The summed E-state index contributed by atoms with van der Waals surface area (Å²) in [6.45, 7) is 1.35. The summed E-state index contributed by atoms with van der Waals surface area (Å²) in [5.41, 5.74) is 2.56. The second-order valence-corrected chi connectivity index (χ2v) is 7.44. The Balaban J connectivity index is 1.66. The van der Waals surface area contributed by atoms with Gasteiger partial charge in [0.2, 0.25) is 11.8 Å². The zero-order valence-electron chi connectivity index (χ0n) is 18.5. The number of rotatable bonds is 11. The van der Waals surface area contributed by atoms with Crippen LogP contribution in [-0.2, 0) is 14.3 Å². The average molecular weight is 436 g/mol. The highest BCUT2D eigenvalue weighted by atomic mass is 16.5. The number of carbonyl (C=O) groups excluding carboxylic acids is 2. The molecule has 3 aromatic rings. The molecule has 1 heterocycles. The summed E-state index contributed by atoms with van der Waals surface area (Å²) in [5, 5.41) is 10.4. The van der Waals surface area contributed by atoms with Gasteiger partial charge < -0.3 is 15.4 Å². The number of hydrogen-bond donors (Lipinski definition) is 2. The van der Waals surface area contributed by atoms with Crippen LogP contribution in [0, 0.1) is 0 Å². The number of methoxy groups -OCH3 is 1. The smallest absolute Gasteiger partial charge is 0.239 e. The first-order chi connectivity index (χ1) is 15.6. The Kier molecular flexibility index (Phi) is 8.53. The van der Waals surface area contributed by atoms with Crippen LogP contribution >= 0.6 is 0 Å². The van der Waals surface area contributed by atoms with Crippen LogP contribution in [0.15, 0.2) is 66.7 Å². The Hall–Kier alpha value is -3.49. The first-order valence-electron chi connectivity index (χ1n) is 10.5. The molecule has 1 aromatic heterocycles. The molecule has 0 aliphatic rings. The molecule has 8 nitrogen and oxygen atoms in total. The van der Waals surface area contributed by atoms with Gasteiger partial charge in [0.15, 0.2) is 0 Å². The molecular formula is C24H29N5O3. The third kappa shape index (κ3) is 6.76. The largest absolute Gasteiger partial charge is 0.385 e. The van der Waals surface area contributed by atoms with Crippen LogP contribution in [-0.4, -0.2) is 66.9 Å². The van der Waals surface area contributed by atoms with Gasteiger partial charge >= 0.3 is 0 Å². The van der Waals surface area contributed by atoms with Crippen molar-refractivity contribution in [2.75, 3.05) is 45.7 Å². The van der Waals surface area contributed by atoms with Crippen molar-refractivity contribution in [3.63, 3.8) is 0 Å². The average Bonchev–Trinajstić information content (AvgIpc) is 3.21. The van der Waals surface area contributed by atoms with Crippen LogP contribution in [0.4, 0.5) is 5.82 Å². The van der Waals surface area contributed by atoms with Crippen molar-refractivity contribution in [3.8, 4) is 16.9 Å². The van der Waals surface area contributed by atoms with Gasteiger partial charge in [-0.3, -0.25) is 14.5 Å². The van der Waals surface area contributed by atoms with Gasteiger partial charge in [-0.1, -0.05) is 48.5 Å². The zero-order valence-corrected chi connectivity index (χ0v) is 18.5. The van der Waals surface area contributed by atoms with Crippen molar-refractivity contribution in [1.29, 1.82) is 0 Å². The van der Waals surface area contributed by atoms with E-state index in [1.807, 2.05) is 66.7 Å². The number of carbonyl (C=O) groups is 2. The van der Waals surface area contributed by atoms with Gasteiger partial charge in [-0.2, -0.15) is 5.10 Å². The summed E-state index contributed by atoms with van der Waals surface area (Å²) in [5.74, 6) is 0.214. The molecule has 3 rings (SSSR count). The van der Waals surface area contributed by atoms with Crippen molar-refractivity contribution >= 4 is 17.6 Å². The number of anilines is 1. The van der Waals surface area contributed by atoms with Gasteiger partial charge in [-0.05, 0) is 25.6 Å². The molecule has 2 amide bonds. The van der Waals surface area contributed by atoms with E-state index in [1.165, 1.54) is 0 Å². The van der Waals surface area contributed by atoms with Crippen LogP contribution < -0.4 is 10.6 Å². The van der Waals surface area contributed by atoms with E-state index >= 15 is 0 Å². The molecule has 0 atom stereocenters. The molecule has 2 N–H and O–H groups in total. The Morgan fingerprint density at radius 3 is 2.34 bits per heavy atom. The monoisotopic (exact) mass is 435 g/mol. The third-order valence-electron chi connectivity index (χ3n) is 4.72. The van der Waals surface area contributed by atoms with Gasteiger partial charge in [0.05, 0.1) is 24.5 Å². The Labute approximate surface area is 188 Å². The molecule has 2 aromatic carbocycles. The first kappa shape index (κ1) is 23.2. The second kappa shape index (κ2) is 11.8. The van der Waals surface area contributed by atoms with Gasteiger partial charge in [0.1, 0.15) is 5.82 Å². The normalized spacial score (nSPS) is 10.8. The minimum atomic E-state index is -0.226. The number of likely N-dealkylation sites (N-methyl/N-ethyl adjacent to an activating group) is 1. The number of hydrogen-bond acceptors (Lipinski definition) is 5. The van der Waals surface area contributed by atoms with Crippen molar-refractivity contribution in [1.82, 2.24) is 20.0 Å². The maximum Gasteiger partial charge on any atom is 0.239 e. The fraction of sp³-hybridized carbons (Fsp3) is 0.292. The highest BCUT2D eigenvalue weighted by molar-refractivity contribution is 5.92. The van der Waals surface area contributed by atoms with Crippen LogP contribution in [0.2, 0.25) is 0 Å². The highest BCUT2D eigenvalue weighted by Crippen LogP contribution is 2.24. The van der Waals surface area contributed by atoms with E-state index in [0.29, 0.717) is 19.0 Å². The molecule has 0 radical (unpaired) electrons. The number of benzene rings is 2. The lowest BCUT2D eigenvalue weighted by Crippen LogP contribution is -2.39. The van der Waals surface area contributed by atoms with Gasteiger partial charge in [0.25, 0.3) is 0 Å². The number of aromatic nitrogens is 2. The molecule has 0 fully saturated rings. The van der Waals surface area contributed by atoms with E-state index in [-0.39, 0.29) is 24.9 Å². The van der Waals surface area contributed by atoms with Crippen molar-refractivity contribution < 1.29 is 14.3 Å². The molecule has 0 aliphatic carbocycles. The summed E-state index contributed by atoms with van der Waals surface area (Å²) >= 11 is 0. The first-order valence-corrected chi connectivity index (χ1v) is 10.5. The maximum absolute atomic E-state index is 12.7. The molecule has 0 saturated heterocycles. The number of nitrogens with zero attached hydrogens (tertiary/aromatic N) is 3. The van der Waals surface area contributed by atoms with Crippen LogP contribution in [0.5, 0.6) is 0 Å². The quantitative estimate of drug-likeness (QED) is 0.452. The van der Waals surface area contributed by atoms with E-state index < -0.39 is 0 Å². The number of amides is 2. The Bertz CT molecular complexity index is 1000. The van der Waals surface area contributed by atoms with Gasteiger partial charge in [-0.25, -0.2) is 4.68 Å². The molecule has 0 bridgehead atoms. The molecule has 8 heteroatoms. The fourth-order valence-corrected chi connectivity index (χ4v) is 3.21. The lowest BCUT2D eigenvalue weighted by Gasteiger charge is -2.16. The number of para-hydroxylation sites is 1. The third-order valence-corrected chi connectivity index (χ3v) is 4.72. The summed E-state index contributed by atoms with van der Waals surface area (Å²) in [7, 11) is 3.36. The van der Waals surface area contributed by atoms with E-state index in [4.69, 9.17) is 9.84 Å². The fourth-order valence-electron chi connectivity index (χ4n) is 3.21. The zero-order chi connectivity index (χ0) is 22.8. The molecule has 0 saturated carbocycles. The summed E-state index contributed by atoms with van der Waals surface area (Å²) in [6.07, 6.45) is 0.750. The predicted octanol–water partition coefficient (Wildman–Crippen LogP) is 2.56. The number of ether oxygens (including phenoxy) is 1. The lowest BCUT2D eigenvalue weighted by atomic mass is 10.2. The van der Waals surface area contributed by atoms with Crippen molar-refractivity contribution in [2.24, 2.45) is 0 Å². The molecule has 0 unspecified atom stereocenters. The molecule has 32 heavy (non-hydrogen) atoms. The van der Waals surface area contributed by atoms with Gasteiger partial charge in [-0.15, -0.1) is 0 Å². The van der Waals surface area contributed by atoms with Crippen molar-refractivity contribution in [3.05, 3.63) is 66.7 Å². The number of nitrogens with one attached hydrogen (secondary N) is 2. The van der Waals surface area contributed by atoms with Crippen LogP contribution in [0.1, 0.15) is 6.42 Å². The molecular weight excluding hydrogens is 406 g/mol. The van der Waals surface area contributed by atoms with E-state index in [1.54, 1.807) is 23.7 Å². The lowest BCUT2D eigenvalue weighted by molar-refractivity contribution is -0.123. The van der Waals surface area contributed by atoms with Crippen LogP contribution in [0.3, 0.4) is 0 Å². The molecule has 168 valence electrons. The highest BCUT2D eigenvalue weighted by Gasteiger charge is 2.16. The maximum atomic E-state index is 12.7. The van der Waals surface area contributed by atoms with E-state index in [0.717, 1.165) is 23.4 Å². The SMILES string of the molecule is COCCCNC(=O)CN(C)CC(=O)Nc1cc(-c2ccccc2)nn1-c1ccccc1. The Morgan fingerprint density at radius 2 is 1.66 bits per heavy atom. The van der Waals surface area contributed by atoms with Gasteiger partial charge in [0, 0.05) is 31.9 Å². The summed E-state index contributed by atoms with van der Waals surface area (Å²) < 4.78 is 6.67. The molecule has 0 spiro atoms. The van der Waals surface area contributed by atoms with E-state index in [9.17, 15) is 9.59 Å². The minimum Gasteiger partial charge on any atom is -0.385 e. The molecule has 0 aliphatic heterocycles. The minimum absolute atomic E-state index is 0.0755. The Morgan fingerprint density at radius 1 is 1.00 bits per heavy atom.